The van der Waals surface area contributed by atoms with Crippen LogP contribution in [-0.4, -0.2) is 56.4 Å². The minimum absolute atomic E-state index is 0.228. The van der Waals surface area contributed by atoms with Gasteiger partial charge >= 0.3 is 5.63 Å². The molecule has 7 nitrogen and oxygen atoms in total. The quantitative estimate of drug-likeness (QED) is 0.436. The summed E-state index contributed by atoms with van der Waals surface area (Å²) in [6, 6.07) is 11.2. The lowest BCUT2D eigenvalue weighted by atomic mass is 10.1. The van der Waals surface area contributed by atoms with Gasteiger partial charge in [0.25, 0.3) is 0 Å². The molecule has 0 unspecified atom stereocenters. The fraction of sp³-hybridized carbons (Fsp3) is 0.423. The first kappa shape index (κ1) is 21.6. The fourth-order valence-electron chi connectivity index (χ4n) is 4.98. The van der Waals surface area contributed by atoms with Crippen LogP contribution in [0.25, 0.3) is 11.0 Å². The highest BCUT2D eigenvalue weighted by Gasteiger charge is 2.22. The summed E-state index contributed by atoms with van der Waals surface area (Å²) in [5.41, 5.74) is 3.14. The van der Waals surface area contributed by atoms with E-state index in [4.69, 9.17) is 13.9 Å². The third-order valence-corrected chi connectivity index (χ3v) is 6.73. The molecule has 174 valence electrons. The van der Waals surface area contributed by atoms with Crippen LogP contribution in [0.1, 0.15) is 24.0 Å². The second-order valence-corrected chi connectivity index (χ2v) is 8.72. The van der Waals surface area contributed by atoms with E-state index in [9.17, 15) is 9.90 Å². The van der Waals surface area contributed by atoms with Gasteiger partial charge in [-0.25, -0.2) is 4.79 Å². The van der Waals surface area contributed by atoms with E-state index in [0.717, 1.165) is 80.6 Å². The van der Waals surface area contributed by atoms with E-state index >= 15 is 0 Å². The van der Waals surface area contributed by atoms with Crippen molar-refractivity contribution in [3.05, 3.63) is 57.9 Å². The van der Waals surface area contributed by atoms with Gasteiger partial charge in [-0.05, 0) is 49.4 Å². The Bertz CT molecular complexity index is 1200. The second kappa shape index (κ2) is 9.35. The maximum atomic E-state index is 12.2. The van der Waals surface area contributed by atoms with Crippen molar-refractivity contribution < 1.29 is 19.0 Å². The number of nitrogens with zero attached hydrogens (tertiary/aromatic N) is 2. The first-order chi connectivity index (χ1) is 16.1. The highest BCUT2D eigenvalue weighted by molar-refractivity contribution is 5.85. The number of anilines is 1. The fourth-order valence-corrected chi connectivity index (χ4v) is 4.98. The molecule has 0 spiro atoms. The van der Waals surface area contributed by atoms with Gasteiger partial charge in [0.1, 0.15) is 11.3 Å². The van der Waals surface area contributed by atoms with Gasteiger partial charge in [-0.1, -0.05) is 12.1 Å². The molecular formula is C26H30N2O5. The third kappa shape index (κ3) is 4.37. The molecule has 0 atom stereocenters. The Morgan fingerprint density at radius 1 is 1.03 bits per heavy atom. The summed E-state index contributed by atoms with van der Waals surface area (Å²) in [5.74, 6) is 1.62. The van der Waals surface area contributed by atoms with Gasteiger partial charge in [0, 0.05) is 49.7 Å². The molecule has 33 heavy (non-hydrogen) atoms. The molecule has 3 aromatic rings. The van der Waals surface area contributed by atoms with Gasteiger partial charge in [-0.15, -0.1) is 0 Å². The summed E-state index contributed by atoms with van der Waals surface area (Å²) in [7, 11) is 1.60. The molecule has 7 heteroatoms. The van der Waals surface area contributed by atoms with Gasteiger partial charge < -0.3 is 23.9 Å². The van der Waals surface area contributed by atoms with E-state index in [1.165, 1.54) is 0 Å². The molecule has 1 N–H and O–H groups in total. The lowest BCUT2D eigenvalue weighted by molar-refractivity contribution is 0.221. The molecular weight excluding hydrogens is 420 g/mol. The van der Waals surface area contributed by atoms with Gasteiger partial charge in [0.15, 0.2) is 11.5 Å². The molecule has 0 bridgehead atoms. The van der Waals surface area contributed by atoms with Crippen molar-refractivity contribution in [2.45, 2.75) is 25.7 Å². The van der Waals surface area contributed by atoms with Crippen LogP contribution >= 0.6 is 0 Å². The lowest BCUT2D eigenvalue weighted by Gasteiger charge is -2.36. The maximum Gasteiger partial charge on any atom is 0.339 e. The van der Waals surface area contributed by atoms with Gasteiger partial charge in [0.2, 0.25) is 0 Å². The largest absolute Gasteiger partial charge is 0.506 e. The topological polar surface area (TPSA) is 75.4 Å². The van der Waals surface area contributed by atoms with Crippen molar-refractivity contribution in [1.82, 2.24) is 4.90 Å². The summed E-state index contributed by atoms with van der Waals surface area (Å²) < 4.78 is 17.1. The summed E-state index contributed by atoms with van der Waals surface area (Å²) in [6.07, 6.45) is 3.57. The zero-order valence-electron chi connectivity index (χ0n) is 19.0. The van der Waals surface area contributed by atoms with Crippen molar-refractivity contribution in [3.63, 3.8) is 0 Å². The third-order valence-electron chi connectivity index (χ3n) is 6.73. The molecule has 2 heterocycles. The monoisotopic (exact) mass is 450 g/mol. The minimum atomic E-state index is -0.228. The Kier molecular flexibility index (Phi) is 6.13. The number of aromatic hydroxyl groups is 1. The number of aryl methyl sites for hydroxylation is 1. The minimum Gasteiger partial charge on any atom is -0.506 e. The van der Waals surface area contributed by atoms with Crippen LogP contribution in [0.5, 0.6) is 17.2 Å². The van der Waals surface area contributed by atoms with Crippen molar-refractivity contribution in [1.29, 1.82) is 0 Å². The predicted octanol–water partition coefficient (Wildman–Crippen LogP) is 3.59. The zero-order chi connectivity index (χ0) is 22.8. The predicted molar refractivity (Wildman–Crippen MR) is 128 cm³/mol. The van der Waals surface area contributed by atoms with Crippen LogP contribution in [0.3, 0.4) is 0 Å². The van der Waals surface area contributed by atoms with Crippen LogP contribution in [0.15, 0.2) is 45.6 Å². The van der Waals surface area contributed by atoms with E-state index in [-0.39, 0.29) is 5.63 Å². The van der Waals surface area contributed by atoms with Crippen LogP contribution in [-0.2, 0) is 12.8 Å². The maximum absolute atomic E-state index is 12.2. The second-order valence-electron chi connectivity index (χ2n) is 8.72. The average molecular weight is 451 g/mol. The van der Waals surface area contributed by atoms with E-state index in [0.29, 0.717) is 29.4 Å². The van der Waals surface area contributed by atoms with Crippen LogP contribution in [0.2, 0.25) is 0 Å². The molecule has 0 amide bonds. The SMILES string of the molecule is COc1cc2oc(=O)c3c(c2cc1OCCCN1CCN(c2ccccc2O)CC1)CCC3. The van der Waals surface area contributed by atoms with E-state index in [1.807, 2.05) is 24.3 Å². The number of piperazine rings is 1. The van der Waals surface area contributed by atoms with Crippen LogP contribution < -0.4 is 20.0 Å². The number of benzene rings is 2. The molecule has 1 aromatic heterocycles. The number of fused-ring (bicyclic) bond motifs is 3. The average Bonchev–Trinajstić information content (AvgIpc) is 3.34. The Hall–Kier alpha value is -3.19. The number of methoxy groups -OCH3 is 1. The van der Waals surface area contributed by atoms with E-state index in [2.05, 4.69) is 9.80 Å². The van der Waals surface area contributed by atoms with E-state index < -0.39 is 0 Å². The summed E-state index contributed by atoms with van der Waals surface area (Å²) in [4.78, 5) is 16.9. The molecule has 1 saturated heterocycles. The summed E-state index contributed by atoms with van der Waals surface area (Å²) >= 11 is 0. The van der Waals surface area contributed by atoms with Crippen molar-refractivity contribution in [2.75, 3.05) is 51.3 Å². The number of ether oxygens (including phenoxy) is 2. The van der Waals surface area contributed by atoms with Crippen molar-refractivity contribution in [3.8, 4) is 17.2 Å². The normalized spacial score (nSPS) is 16.2. The Balaban J connectivity index is 1.18. The van der Waals surface area contributed by atoms with Crippen molar-refractivity contribution >= 4 is 16.7 Å². The number of rotatable bonds is 7. The molecule has 5 rings (SSSR count). The standard InChI is InChI=1S/C26H30N2O5/c1-31-24-17-23-20(18-6-4-7-19(18)26(30)33-23)16-25(24)32-15-5-10-27-11-13-28(14-12-27)21-8-2-3-9-22(21)29/h2-3,8-9,16-17,29H,4-7,10-15H2,1H3. The Labute approximate surface area is 193 Å². The zero-order valence-corrected chi connectivity index (χ0v) is 19.0. The van der Waals surface area contributed by atoms with Gasteiger partial charge in [0.05, 0.1) is 19.4 Å². The highest BCUT2D eigenvalue weighted by atomic mass is 16.5. The molecule has 0 saturated carbocycles. The Morgan fingerprint density at radius 3 is 2.61 bits per heavy atom. The first-order valence-electron chi connectivity index (χ1n) is 11.7. The molecule has 2 aliphatic rings. The number of para-hydroxylation sites is 2. The molecule has 0 radical (unpaired) electrons. The van der Waals surface area contributed by atoms with Crippen LogP contribution in [0, 0.1) is 0 Å². The first-order valence-corrected chi connectivity index (χ1v) is 11.7. The summed E-state index contributed by atoms with van der Waals surface area (Å²) in [5, 5.41) is 11.0. The van der Waals surface area contributed by atoms with E-state index in [1.54, 1.807) is 19.2 Å². The van der Waals surface area contributed by atoms with Gasteiger partial charge in [-0.2, -0.15) is 0 Å². The molecule has 1 aliphatic heterocycles. The smallest absolute Gasteiger partial charge is 0.339 e. The molecule has 1 fully saturated rings. The summed E-state index contributed by atoms with van der Waals surface area (Å²) in [6.45, 7) is 5.24. The number of phenolic OH excluding ortho intramolecular Hbond substituents is 1. The molecule has 2 aromatic carbocycles. The number of hydrogen-bond donors (Lipinski definition) is 1. The number of hydrogen-bond acceptors (Lipinski definition) is 7. The van der Waals surface area contributed by atoms with Crippen molar-refractivity contribution in [2.24, 2.45) is 0 Å². The molecule has 1 aliphatic carbocycles. The van der Waals surface area contributed by atoms with Gasteiger partial charge in [-0.3, -0.25) is 4.90 Å². The highest BCUT2D eigenvalue weighted by Crippen LogP contribution is 2.36. The lowest BCUT2D eigenvalue weighted by Crippen LogP contribution is -2.46. The van der Waals surface area contributed by atoms with Crippen LogP contribution in [0.4, 0.5) is 5.69 Å². The Morgan fingerprint density at radius 2 is 1.82 bits per heavy atom. The number of phenols is 1.